The van der Waals surface area contributed by atoms with Crippen molar-refractivity contribution in [1.82, 2.24) is 10.2 Å². The van der Waals surface area contributed by atoms with Gasteiger partial charge in [-0.05, 0) is 51.9 Å². The van der Waals surface area contributed by atoms with Gasteiger partial charge in [-0.1, -0.05) is 6.92 Å². The Bertz CT molecular complexity index is 142. The van der Waals surface area contributed by atoms with Crippen molar-refractivity contribution in [3.8, 4) is 0 Å². The molecule has 1 atom stereocenters. The molecule has 0 amide bonds. The van der Waals surface area contributed by atoms with Gasteiger partial charge in [-0.2, -0.15) is 0 Å². The topological polar surface area (TPSA) is 35.5 Å². The van der Waals surface area contributed by atoms with Crippen molar-refractivity contribution in [2.75, 3.05) is 32.7 Å². The van der Waals surface area contributed by atoms with Crippen LogP contribution in [0.25, 0.3) is 0 Å². The summed E-state index contributed by atoms with van der Waals surface area (Å²) in [6, 6.07) is 0. The molecule has 1 heterocycles. The molecule has 1 aliphatic heterocycles. The molecule has 1 fully saturated rings. The molecule has 2 N–H and O–H groups in total. The average Bonchev–Trinajstić information content (AvgIpc) is 2.18. The van der Waals surface area contributed by atoms with Gasteiger partial charge in [0.05, 0.1) is 6.10 Å². The van der Waals surface area contributed by atoms with E-state index in [0.29, 0.717) is 0 Å². The summed E-state index contributed by atoms with van der Waals surface area (Å²) in [7, 11) is 0. The van der Waals surface area contributed by atoms with Gasteiger partial charge < -0.3 is 15.3 Å². The fraction of sp³-hybridized carbons (Fsp3) is 1.00. The number of piperidine rings is 1. The zero-order chi connectivity index (χ0) is 10.4. The van der Waals surface area contributed by atoms with Crippen LogP contribution in [0.1, 0.15) is 26.7 Å². The largest absolute Gasteiger partial charge is 0.392 e. The van der Waals surface area contributed by atoms with E-state index < -0.39 is 0 Å². The van der Waals surface area contributed by atoms with Crippen molar-refractivity contribution < 1.29 is 5.11 Å². The van der Waals surface area contributed by atoms with Gasteiger partial charge in [0.2, 0.25) is 0 Å². The van der Waals surface area contributed by atoms with Gasteiger partial charge in [0.1, 0.15) is 0 Å². The molecule has 0 saturated carbocycles. The molecule has 0 spiro atoms. The molecule has 3 nitrogen and oxygen atoms in total. The average molecular weight is 200 g/mol. The molecule has 1 saturated heterocycles. The fourth-order valence-corrected chi connectivity index (χ4v) is 2.00. The molecule has 84 valence electrons. The number of aliphatic hydroxyl groups is 1. The third kappa shape index (κ3) is 4.40. The van der Waals surface area contributed by atoms with Gasteiger partial charge >= 0.3 is 0 Å². The summed E-state index contributed by atoms with van der Waals surface area (Å²) in [5.74, 6) is 0.816. The molecule has 14 heavy (non-hydrogen) atoms. The maximum absolute atomic E-state index is 9.09. The predicted octanol–water partition coefficient (Wildman–Crippen LogP) is 0.689. The van der Waals surface area contributed by atoms with Crippen molar-refractivity contribution in [3.05, 3.63) is 0 Å². The van der Waals surface area contributed by atoms with Crippen LogP contribution >= 0.6 is 0 Å². The van der Waals surface area contributed by atoms with Crippen LogP contribution in [0.15, 0.2) is 0 Å². The summed E-state index contributed by atoms with van der Waals surface area (Å²) in [6.45, 7) is 9.54. The zero-order valence-corrected chi connectivity index (χ0v) is 9.50. The van der Waals surface area contributed by atoms with Crippen LogP contribution in [-0.4, -0.2) is 48.8 Å². The van der Waals surface area contributed by atoms with E-state index >= 15 is 0 Å². The summed E-state index contributed by atoms with van der Waals surface area (Å²) in [5, 5.41) is 12.4. The second kappa shape index (κ2) is 6.38. The number of hydrogen-bond acceptors (Lipinski definition) is 3. The smallest absolute Gasteiger partial charge is 0.0636 e. The van der Waals surface area contributed by atoms with Gasteiger partial charge in [-0.3, -0.25) is 0 Å². The maximum atomic E-state index is 9.09. The Labute approximate surface area is 87.5 Å². The first-order valence-corrected chi connectivity index (χ1v) is 5.83. The van der Waals surface area contributed by atoms with Crippen molar-refractivity contribution in [3.63, 3.8) is 0 Å². The SMILES string of the molecule is CCN1CCC(CNC[C@@H](C)O)CC1. The Balaban J connectivity index is 2.04. The van der Waals surface area contributed by atoms with Gasteiger partial charge in [0.25, 0.3) is 0 Å². The number of likely N-dealkylation sites (tertiary alicyclic amines) is 1. The van der Waals surface area contributed by atoms with Crippen LogP contribution in [0, 0.1) is 5.92 Å². The van der Waals surface area contributed by atoms with Crippen LogP contribution in [0.4, 0.5) is 0 Å². The Morgan fingerprint density at radius 3 is 2.57 bits per heavy atom. The Morgan fingerprint density at radius 1 is 1.43 bits per heavy atom. The lowest BCUT2D eigenvalue weighted by molar-refractivity contribution is 0.171. The summed E-state index contributed by atoms with van der Waals surface area (Å²) in [5.41, 5.74) is 0. The quantitative estimate of drug-likeness (QED) is 0.685. The highest BCUT2D eigenvalue weighted by molar-refractivity contribution is 4.73. The van der Waals surface area contributed by atoms with E-state index in [1.807, 2.05) is 6.92 Å². The first-order valence-electron chi connectivity index (χ1n) is 5.83. The summed E-state index contributed by atoms with van der Waals surface area (Å²) >= 11 is 0. The monoisotopic (exact) mass is 200 g/mol. The highest BCUT2D eigenvalue weighted by atomic mass is 16.3. The normalized spacial score (nSPS) is 22.5. The van der Waals surface area contributed by atoms with E-state index in [2.05, 4.69) is 17.1 Å². The van der Waals surface area contributed by atoms with Crippen LogP contribution in [0.3, 0.4) is 0 Å². The van der Waals surface area contributed by atoms with Gasteiger partial charge in [-0.15, -0.1) is 0 Å². The van der Waals surface area contributed by atoms with Crippen molar-refractivity contribution in [1.29, 1.82) is 0 Å². The van der Waals surface area contributed by atoms with Crippen LogP contribution in [0.5, 0.6) is 0 Å². The summed E-state index contributed by atoms with van der Waals surface area (Å²) < 4.78 is 0. The second-order valence-electron chi connectivity index (χ2n) is 4.38. The molecule has 0 aliphatic carbocycles. The van der Waals surface area contributed by atoms with Crippen LogP contribution < -0.4 is 5.32 Å². The first-order chi connectivity index (χ1) is 6.72. The first kappa shape index (κ1) is 12.0. The minimum atomic E-state index is -0.217. The van der Waals surface area contributed by atoms with E-state index in [0.717, 1.165) is 19.0 Å². The Hall–Kier alpha value is -0.120. The summed E-state index contributed by atoms with van der Waals surface area (Å²) in [4.78, 5) is 2.51. The van der Waals surface area contributed by atoms with Crippen molar-refractivity contribution in [2.24, 2.45) is 5.92 Å². The minimum Gasteiger partial charge on any atom is -0.392 e. The molecular formula is C11H24N2O. The number of nitrogens with zero attached hydrogens (tertiary/aromatic N) is 1. The molecule has 0 unspecified atom stereocenters. The third-order valence-corrected chi connectivity index (χ3v) is 3.03. The lowest BCUT2D eigenvalue weighted by Gasteiger charge is -2.31. The van der Waals surface area contributed by atoms with Gasteiger partial charge in [0.15, 0.2) is 0 Å². The van der Waals surface area contributed by atoms with E-state index in [1.54, 1.807) is 0 Å². The molecule has 1 rings (SSSR count). The number of hydrogen-bond donors (Lipinski definition) is 2. The van der Waals surface area contributed by atoms with E-state index in [1.165, 1.54) is 32.5 Å². The lowest BCUT2D eigenvalue weighted by atomic mass is 9.97. The highest BCUT2D eigenvalue weighted by Gasteiger charge is 2.17. The van der Waals surface area contributed by atoms with Gasteiger partial charge in [0, 0.05) is 6.54 Å². The zero-order valence-electron chi connectivity index (χ0n) is 9.50. The van der Waals surface area contributed by atoms with Crippen LogP contribution in [-0.2, 0) is 0 Å². The molecule has 0 aromatic carbocycles. The number of nitrogens with one attached hydrogen (secondary N) is 1. The number of rotatable bonds is 5. The van der Waals surface area contributed by atoms with Crippen molar-refractivity contribution in [2.45, 2.75) is 32.8 Å². The fourth-order valence-electron chi connectivity index (χ4n) is 2.00. The molecule has 3 heteroatoms. The number of aliphatic hydroxyl groups excluding tert-OH is 1. The van der Waals surface area contributed by atoms with E-state index in [9.17, 15) is 0 Å². The minimum absolute atomic E-state index is 0.217. The van der Waals surface area contributed by atoms with E-state index in [4.69, 9.17) is 5.11 Å². The standard InChI is InChI=1S/C11H24N2O/c1-3-13-6-4-11(5-7-13)9-12-8-10(2)14/h10-12,14H,3-9H2,1-2H3/t10-/m1/s1. The molecule has 0 radical (unpaired) electrons. The Morgan fingerprint density at radius 2 is 2.07 bits per heavy atom. The molecule has 0 bridgehead atoms. The predicted molar refractivity (Wildman–Crippen MR) is 59.4 cm³/mol. The Kier molecular flexibility index (Phi) is 5.45. The molecule has 0 aromatic rings. The van der Waals surface area contributed by atoms with Gasteiger partial charge in [-0.25, -0.2) is 0 Å². The second-order valence-corrected chi connectivity index (χ2v) is 4.38. The maximum Gasteiger partial charge on any atom is 0.0636 e. The summed E-state index contributed by atoms with van der Waals surface area (Å²) in [6.07, 6.45) is 2.40. The van der Waals surface area contributed by atoms with Crippen LogP contribution in [0.2, 0.25) is 0 Å². The lowest BCUT2D eigenvalue weighted by Crippen LogP contribution is -2.38. The van der Waals surface area contributed by atoms with Crippen molar-refractivity contribution >= 4 is 0 Å². The molecule has 0 aromatic heterocycles. The third-order valence-electron chi connectivity index (χ3n) is 3.03. The molecule has 1 aliphatic rings. The molecular weight excluding hydrogens is 176 g/mol. The van der Waals surface area contributed by atoms with E-state index in [-0.39, 0.29) is 6.10 Å². The highest BCUT2D eigenvalue weighted by Crippen LogP contribution is 2.15.